The first-order valence-electron chi connectivity index (χ1n) is 8.05. The number of rotatable bonds is 4. The third kappa shape index (κ3) is 3.63. The monoisotopic (exact) mass is 324 g/mol. The highest BCUT2D eigenvalue weighted by atomic mass is 32.2. The van der Waals surface area contributed by atoms with Crippen molar-refractivity contribution in [2.45, 2.75) is 32.7 Å². The lowest BCUT2D eigenvalue weighted by molar-refractivity contribution is -0.134. The number of hydrogen-bond donors (Lipinski definition) is 0. The molecule has 0 bridgehead atoms. The van der Waals surface area contributed by atoms with Crippen molar-refractivity contribution in [3.05, 3.63) is 11.7 Å². The largest absolute Gasteiger partial charge is 0.341 e. The minimum atomic E-state index is 0.135. The van der Waals surface area contributed by atoms with Crippen LogP contribution in [0, 0.1) is 5.92 Å². The molecule has 7 heteroatoms. The van der Waals surface area contributed by atoms with Gasteiger partial charge in [-0.2, -0.15) is 16.7 Å². The SMILES string of the molecule is CC(C)c1noc(CN2CCC(C(=O)N3CCSCC3)C2)n1. The van der Waals surface area contributed by atoms with Crippen LogP contribution in [0.2, 0.25) is 0 Å². The fourth-order valence-corrected chi connectivity index (χ4v) is 3.88. The molecule has 1 unspecified atom stereocenters. The molecule has 0 N–H and O–H groups in total. The molecule has 0 spiro atoms. The van der Waals surface area contributed by atoms with E-state index in [1.54, 1.807) is 0 Å². The quantitative estimate of drug-likeness (QED) is 0.838. The molecule has 6 nitrogen and oxygen atoms in total. The van der Waals surface area contributed by atoms with Gasteiger partial charge < -0.3 is 9.42 Å². The van der Waals surface area contributed by atoms with Gasteiger partial charge in [-0.15, -0.1) is 0 Å². The van der Waals surface area contributed by atoms with E-state index in [0.29, 0.717) is 18.3 Å². The number of thioether (sulfide) groups is 1. The first-order valence-corrected chi connectivity index (χ1v) is 9.20. The molecule has 0 aliphatic carbocycles. The lowest BCUT2D eigenvalue weighted by atomic mass is 10.1. The Hall–Kier alpha value is -1.08. The predicted octanol–water partition coefficient (Wildman–Crippen LogP) is 1.59. The molecule has 2 fully saturated rings. The maximum absolute atomic E-state index is 12.5. The van der Waals surface area contributed by atoms with Gasteiger partial charge >= 0.3 is 0 Å². The summed E-state index contributed by atoms with van der Waals surface area (Å²) in [6.07, 6.45) is 0.938. The van der Waals surface area contributed by atoms with Crippen molar-refractivity contribution >= 4 is 17.7 Å². The Morgan fingerprint density at radius 3 is 2.82 bits per heavy atom. The number of carbonyl (C=O) groups is 1. The van der Waals surface area contributed by atoms with Gasteiger partial charge in [0.15, 0.2) is 5.82 Å². The van der Waals surface area contributed by atoms with Gasteiger partial charge in [-0.3, -0.25) is 9.69 Å². The summed E-state index contributed by atoms with van der Waals surface area (Å²) < 4.78 is 5.30. The number of aromatic nitrogens is 2. The molecule has 1 aromatic rings. The van der Waals surface area contributed by atoms with E-state index in [0.717, 1.165) is 49.9 Å². The molecule has 2 aliphatic heterocycles. The topological polar surface area (TPSA) is 62.5 Å². The van der Waals surface area contributed by atoms with Crippen LogP contribution in [0.3, 0.4) is 0 Å². The van der Waals surface area contributed by atoms with Gasteiger partial charge in [0.05, 0.1) is 12.5 Å². The van der Waals surface area contributed by atoms with Crippen molar-refractivity contribution in [1.29, 1.82) is 0 Å². The Bertz CT molecular complexity index is 513. The maximum atomic E-state index is 12.5. The van der Waals surface area contributed by atoms with Gasteiger partial charge in [-0.1, -0.05) is 19.0 Å². The van der Waals surface area contributed by atoms with E-state index in [-0.39, 0.29) is 11.8 Å². The molecule has 22 heavy (non-hydrogen) atoms. The first kappa shape index (κ1) is 15.8. The Labute approximate surface area is 135 Å². The molecule has 0 radical (unpaired) electrons. The van der Waals surface area contributed by atoms with Crippen LogP contribution in [0.25, 0.3) is 0 Å². The highest BCUT2D eigenvalue weighted by molar-refractivity contribution is 7.99. The standard InChI is InChI=1S/C15H24N4O2S/c1-11(2)14-16-13(21-17-14)10-18-4-3-12(9-18)15(20)19-5-7-22-8-6-19/h11-12H,3-10H2,1-2H3. The summed E-state index contributed by atoms with van der Waals surface area (Å²) in [5.74, 6) is 4.30. The average Bonchev–Trinajstić information content (AvgIpc) is 3.17. The summed E-state index contributed by atoms with van der Waals surface area (Å²) in [6.45, 7) is 8.30. The van der Waals surface area contributed by atoms with E-state index in [1.807, 2.05) is 16.7 Å². The Kier molecular flexibility index (Phi) is 5.03. The van der Waals surface area contributed by atoms with Crippen molar-refractivity contribution in [1.82, 2.24) is 19.9 Å². The highest BCUT2D eigenvalue weighted by Crippen LogP contribution is 2.22. The van der Waals surface area contributed by atoms with E-state index in [9.17, 15) is 4.79 Å². The number of carbonyl (C=O) groups excluding carboxylic acids is 1. The molecular weight excluding hydrogens is 300 g/mol. The molecule has 2 aliphatic rings. The molecule has 1 aromatic heterocycles. The van der Waals surface area contributed by atoms with E-state index >= 15 is 0 Å². The second-order valence-electron chi connectivity index (χ2n) is 6.36. The summed E-state index contributed by atoms with van der Waals surface area (Å²) in [4.78, 5) is 21.2. The second-order valence-corrected chi connectivity index (χ2v) is 7.58. The zero-order chi connectivity index (χ0) is 15.5. The molecule has 0 aromatic carbocycles. The molecular formula is C15H24N4O2S. The lowest BCUT2D eigenvalue weighted by Gasteiger charge is -2.28. The summed E-state index contributed by atoms with van der Waals surface area (Å²) >= 11 is 1.93. The molecule has 0 saturated carbocycles. The Morgan fingerprint density at radius 1 is 1.36 bits per heavy atom. The van der Waals surface area contributed by atoms with Crippen molar-refractivity contribution < 1.29 is 9.32 Å². The number of nitrogens with zero attached hydrogens (tertiary/aromatic N) is 4. The normalized spacial score (nSPS) is 23.4. The summed E-state index contributed by atoms with van der Waals surface area (Å²) in [6, 6.07) is 0. The van der Waals surface area contributed by atoms with Crippen LogP contribution in [0.5, 0.6) is 0 Å². The molecule has 122 valence electrons. The van der Waals surface area contributed by atoms with Crippen LogP contribution in [-0.4, -0.2) is 63.5 Å². The zero-order valence-electron chi connectivity index (χ0n) is 13.3. The van der Waals surface area contributed by atoms with Crippen LogP contribution in [0.15, 0.2) is 4.52 Å². The van der Waals surface area contributed by atoms with E-state index in [4.69, 9.17) is 4.52 Å². The van der Waals surface area contributed by atoms with Crippen LogP contribution in [0.4, 0.5) is 0 Å². The fraction of sp³-hybridized carbons (Fsp3) is 0.800. The summed E-state index contributed by atoms with van der Waals surface area (Å²) in [5.41, 5.74) is 0. The molecule has 3 heterocycles. The number of amides is 1. The van der Waals surface area contributed by atoms with Crippen molar-refractivity contribution in [3.8, 4) is 0 Å². The van der Waals surface area contributed by atoms with Crippen molar-refractivity contribution in [3.63, 3.8) is 0 Å². The third-order valence-corrected chi connectivity index (χ3v) is 5.25. The highest BCUT2D eigenvalue weighted by Gasteiger charge is 2.32. The zero-order valence-corrected chi connectivity index (χ0v) is 14.1. The number of likely N-dealkylation sites (tertiary alicyclic amines) is 1. The molecule has 1 atom stereocenters. The van der Waals surface area contributed by atoms with E-state index < -0.39 is 0 Å². The first-order chi connectivity index (χ1) is 10.6. The third-order valence-electron chi connectivity index (χ3n) is 4.30. The molecule has 1 amide bonds. The fourth-order valence-electron chi connectivity index (χ4n) is 2.98. The number of hydrogen-bond acceptors (Lipinski definition) is 6. The van der Waals surface area contributed by atoms with Gasteiger partial charge in [-0.25, -0.2) is 0 Å². The Morgan fingerprint density at radius 2 is 2.14 bits per heavy atom. The van der Waals surface area contributed by atoms with Gasteiger partial charge in [0.25, 0.3) is 0 Å². The average molecular weight is 324 g/mol. The van der Waals surface area contributed by atoms with Crippen LogP contribution < -0.4 is 0 Å². The van der Waals surface area contributed by atoms with Crippen LogP contribution >= 0.6 is 11.8 Å². The minimum absolute atomic E-state index is 0.135. The summed E-state index contributed by atoms with van der Waals surface area (Å²) in [7, 11) is 0. The molecule has 2 saturated heterocycles. The van der Waals surface area contributed by atoms with Crippen molar-refractivity contribution in [2.75, 3.05) is 37.7 Å². The van der Waals surface area contributed by atoms with Gasteiger partial charge in [0.2, 0.25) is 11.8 Å². The maximum Gasteiger partial charge on any atom is 0.240 e. The predicted molar refractivity (Wildman–Crippen MR) is 85.7 cm³/mol. The minimum Gasteiger partial charge on any atom is -0.341 e. The van der Waals surface area contributed by atoms with Crippen LogP contribution in [-0.2, 0) is 11.3 Å². The van der Waals surface area contributed by atoms with E-state index in [1.165, 1.54) is 0 Å². The van der Waals surface area contributed by atoms with Crippen LogP contribution in [0.1, 0.15) is 37.9 Å². The van der Waals surface area contributed by atoms with Crippen molar-refractivity contribution in [2.24, 2.45) is 5.92 Å². The van der Waals surface area contributed by atoms with Gasteiger partial charge in [-0.05, 0) is 13.0 Å². The van der Waals surface area contributed by atoms with Gasteiger partial charge in [0.1, 0.15) is 0 Å². The molecule has 3 rings (SSSR count). The van der Waals surface area contributed by atoms with E-state index in [2.05, 4.69) is 28.9 Å². The summed E-state index contributed by atoms with van der Waals surface area (Å²) in [5, 5.41) is 4.00. The second kappa shape index (κ2) is 7.00. The Balaban J connectivity index is 1.52. The lowest BCUT2D eigenvalue weighted by Crippen LogP contribution is -2.42. The van der Waals surface area contributed by atoms with Gasteiger partial charge in [0, 0.05) is 37.1 Å². The smallest absolute Gasteiger partial charge is 0.240 e.